The van der Waals surface area contributed by atoms with Crippen molar-refractivity contribution in [2.24, 2.45) is 0 Å². The maximum absolute atomic E-state index is 6.28. The van der Waals surface area contributed by atoms with Crippen LogP contribution in [0, 0.1) is 0 Å². The number of halogens is 2. The average molecular weight is 326 g/mol. The number of piperazine rings is 1. The van der Waals surface area contributed by atoms with Gasteiger partial charge in [0.05, 0.1) is 34.7 Å². The van der Waals surface area contributed by atoms with Crippen LogP contribution < -0.4 is 4.90 Å². The first-order valence-corrected chi connectivity index (χ1v) is 7.75. The van der Waals surface area contributed by atoms with Crippen molar-refractivity contribution in [1.29, 1.82) is 0 Å². The minimum absolute atomic E-state index is 0.612. The first-order chi connectivity index (χ1) is 10.2. The van der Waals surface area contributed by atoms with Crippen molar-refractivity contribution in [2.45, 2.75) is 6.54 Å². The van der Waals surface area contributed by atoms with E-state index in [1.807, 2.05) is 18.2 Å². The van der Waals surface area contributed by atoms with Crippen molar-refractivity contribution in [2.75, 3.05) is 37.6 Å². The lowest BCUT2D eigenvalue weighted by molar-refractivity contribution is 0.239. The molecule has 21 heavy (non-hydrogen) atoms. The standard InChI is InChI=1S/C14H17Cl2N5/c15-12-2-1-3-13(14(12)16)20-9-6-19(7-10-20)8-11-21-17-4-5-18-21/h1-5H,6-11H2. The van der Waals surface area contributed by atoms with Gasteiger partial charge >= 0.3 is 0 Å². The van der Waals surface area contributed by atoms with Crippen LogP contribution in [0.5, 0.6) is 0 Å². The highest BCUT2D eigenvalue weighted by molar-refractivity contribution is 6.43. The predicted molar refractivity (Wildman–Crippen MR) is 85.1 cm³/mol. The topological polar surface area (TPSA) is 37.2 Å². The largest absolute Gasteiger partial charge is 0.368 e. The maximum Gasteiger partial charge on any atom is 0.0825 e. The summed E-state index contributed by atoms with van der Waals surface area (Å²) in [5.41, 5.74) is 1.03. The fraction of sp³-hybridized carbons (Fsp3) is 0.429. The zero-order valence-corrected chi connectivity index (χ0v) is 13.1. The molecule has 0 aliphatic carbocycles. The smallest absolute Gasteiger partial charge is 0.0825 e. The van der Waals surface area contributed by atoms with Gasteiger partial charge in [-0.15, -0.1) is 0 Å². The Hall–Kier alpha value is -1.30. The molecule has 1 fully saturated rings. The Balaban J connectivity index is 1.54. The third-order valence-corrected chi connectivity index (χ3v) is 4.54. The minimum atomic E-state index is 0.612. The molecule has 1 aliphatic heterocycles. The summed E-state index contributed by atoms with van der Waals surface area (Å²) >= 11 is 12.4. The molecule has 0 spiro atoms. The van der Waals surface area contributed by atoms with Crippen molar-refractivity contribution >= 4 is 28.9 Å². The van der Waals surface area contributed by atoms with Crippen LogP contribution in [0.2, 0.25) is 10.0 Å². The van der Waals surface area contributed by atoms with E-state index in [1.54, 1.807) is 17.2 Å². The molecule has 5 nitrogen and oxygen atoms in total. The van der Waals surface area contributed by atoms with Crippen molar-refractivity contribution < 1.29 is 0 Å². The van der Waals surface area contributed by atoms with Gasteiger partial charge in [-0.05, 0) is 12.1 Å². The van der Waals surface area contributed by atoms with E-state index in [1.165, 1.54) is 0 Å². The number of hydrogen-bond donors (Lipinski definition) is 0. The number of anilines is 1. The minimum Gasteiger partial charge on any atom is -0.368 e. The summed E-state index contributed by atoms with van der Waals surface area (Å²) in [6.07, 6.45) is 3.41. The highest BCUT2D eigenvalue weighted by atomic mass is 35.5. The van der Waals surface area contributed by atoms with Gasteiger partial charge in [0.15, 0.2) is 0 Å². The molecule has 1 saturated heterocycles. The molecule has 1 aromatic carbocycles. The van der Waals surface area contributed by atoms with E-state index in [2.05, 4.69) is 20.0 Å². The first-order valence-electron chi connectivity index (χ1n) is 6.99. The van der Waals surface area contributed by atoms with Crippen LogP contribution in [-0.4, -0.2) is 52.6 Å². The third kappa shape index (κ3) is 3.48. The molecule has 3 rings (SSSR count). The molecule has 0 atom stereocenters. The number of aromatic nitrogens is 3. The monoisotopic (exact) mass is 325 g/mol. The van der Waals surface area contributed by atoms with E-state index < -0.39 is 0 Å². The van der Waals surface area contributed by atoms with Crippen LogP contribution in [-0.2, 0) is 6.54 Å². The van der Waals surface area contributed by atoms with Gasteiger partial charge in [-0.1, -0.05) is 29.3 Å². The first kappa shape index (κ1) is 14.6. The van der Waals surface area contributed by atoms with Crippen LogP contribution in [0.3, 0.4) is 0 Å². The second-order valence-electron chi connectivity index (χ2n) is 5.03. The quantitative estimate of drug-likeness (QED) is 0.865. The van der Waals surface area contributed by atoms with Gasteiger partial charge in [0.1, 0.15) is 0 Å². The second-order valence-corrected chi connectivity index (χ2v) is 5.81. The molecule has 1 aromatic heterocycles. The fourth-order valence-corrected chi connectivity index (χ4v) is 2.95. The highest BCUT2D eigenvalue weighted by Crippen LogP contribution is 2.32. The molecule has 0 amide bonds. The Kier molecular flexibility index (Phi) is 4.63. The second kappa shape index (κ2) is 6.64. The molecule has 0 unspecified atom stereocenters. The fourth-order valence-electron chi connectivity index (χ4n) is 2.54. The summed E-state index contributed by atoms with van der Waals surface area (Å²) in [5, 5.41) is 9.50. The summed E-state index contributed by atoms with van der Waals surface area (Å²) < 4.78 is 0. The molecule has 0 saturated carbocycles. The zero-order valence-electron chi connectivity index (χ0n) is 11.6. The van der Waals surface area contributed by atoms with Crippen LogP contribution in [0.25, 0.3) is 0 Å². The van der Waals surface area contributed by atoms with Gasteiger partial charge in [-0.25, -0.2) is 0 Å². The summed E-state index contributed by atoms with van der Waals surface area (Å²) in [5.74, 6) is 0. The van der Waals surface area contributed by atoms with Crippen LogP contribution >= 0.6 is 23.2 Å². The summed E-state index contributed by atoms with van der Waals surface area (Å²) in [4.78, 5) is 6.43. The predicted octanol–water partition coefficient (Wildman–Crippen LogP) is 2.41. The lowest BCUT2D eigenvalue weighted by Crippen LogP contribution is -2.47. The van der Waals surface area contributed by atoms with Gasteiger partial charge in [0, 0.05) is 32.7 Å². The summed E-state index contributed by atoms with van der Waals surface area (Å²) in [6.45, 7) is 5.70. The van der Waals surface area contributed by atoms with E-state index in [0.29, 0.717) is 10.0 Å². The van der Waals surface area contributed by atoms with Gasteiger partial charge in [-0.2, -0.15) is 15.0 Å². The number of hydrogen-bond acceptors (Lipinski definition) is 4. The van der Waals surface area contributed by atoms with Crippen LogP contribution in [0.4, 0.5) is 5.69 Å². The van der Waals surface area contributed by atoms with Crippen molar-refractivity contribution in [3.05, 3.63) is 40.6 Å². The molecule has 0 N–H and O–H groups in total. The van der Waals surface area contributed by atoms with Gasteiger partial charge in [0.2, 0.25) is 0 Å². The zero-order chi connectivity index (χ0) is 14.7. The van der Waals surface area contributed by atoms with E-state index in [4.69, 9.17) is 23.2 Å². The molecule has 2 aromatic rings. The van der Waals surface area contributed by atoms with Gasteiger partial charge < -0.3 is 4.90 Å². The lowest BCUT2D eigenvalue weighted by atomic mass is 10.2. The third-order valence-electron chi connectivity index (χ3n) is 3.73. The Bertz CT molecular complexity index is 579. The molecule has 112 valence electrons. The van der Waals surface area contributed by atoms with Crippen molar-refractivity contribution in [1.82, 2.24) is 19.9 Å². The maximum atomic E-state index is 6.28. The van der Waals surface area contributed by atoms with Gasteiger partial charge in [-0.3, -0.25) is 4.90 Å². The van der Waals surface area contributed by atoms with E-state index in [0.717, 1.165) is 45.0 Å². The van der Waals surface area contributed by atoms with E-state index in [-0.39, 0.29) is 0 Å². The Morgan fingerprint density at radius 1 is 0.952 bits per heavy atom. The van der Waals surface area contributed by atoms with Crippen LogP contribution in [0.1, 0.15) is 0 Å². The number of benzene rings is 1. The lowest BCUT2D eigenvalue weighted by Gasteiger charge is -2.36. The van der Waals surface area contributed by atoms with Gasteiger partial charge in [0.25, 0.3) is 0 Å². The molecular weight excluding hydrogens is 309 g/mol. The molecule has 0 bridgehead atoms. The van der Waals surface area contributed by atoms with Crippen molar-refractivity contribution in [3.63, 3.8) is 0 Å². The van der Waals surface area contributed by atoms with E-state index in [9.17, 15) is 0 Å². The molecule has 0 radical (unpaired) electrons. The van der Waals surface area contributed by atoms with E-state index >= 15 is 0 Å². The SMILES string of the molecule is Clc1cccc(N2CCN(CCn3nccn3)CC2)c1Cl. The van der Waals surface area contributed by atoms with Crippen LogP contribution in [0.15, 0.2) is 30.6 Å². The summed E-state index contributed by atoms with van der Waals surface area (Å²) in [7, 11) is 0. The Morgan fingerprint density at radius 3 is 2.38 bits per heavy atom. The molecule has 2 heterocycles. The Labute approximate surface area is 134 Å². The Morgan fingerprint density at radius 2 is 1.67 bits per heavy atom. The summed E-state index contributed by atoms with van der Waals surface area (Å²) in [6, 6.07) is 5.79. The number of rotatable bonds is 4. The van der Waals surface area contributed by atoms with Crippen molar-refractivity contribution in [3.8, 4) is 0 Å². The average Bonchev–Trinajstić information content (AvgIpc) is 3.02. The normalized spacial score (nSPS) is 16.4. The molecule has 7 heteroatoms. The molecule has 1 aliphatic rings. The highest BCUT2D eigenvalue weighted by Gasteiger charge is 2.19. The number of nitrogens with zero attached hydrogens (tertiary/aromatic N) is 5. The molecular formula is C14H17Cl2N5.